The summed E-state index contributed by atoms with van der Waals surface area (Å²) in [7, 11) is 0. The number of hydrogen-bond donors (Lipinski definition) is 1. The van der Waals surface area contributed by atoms with Gasteiger partial charge in [-0.1, -0.05) is 12.1 Å². The first-order valence-electron chi connectivity index (χ1n) is 9.15. The number of nitrogens with one attached hydrogen (secondary N) is 1. The second kappa shape index (κ2) is 6.51. The van der Waals surface area contributed by atoms with Crippen LogP contribution in [-0.2, 0) is 0 Å². The predicted octanol–water partition coefficient (Wildman–Crippen LogP) is 3.96. The molecule has 0 unspecified atom stereocenters. The molecule has 3 aromatic rings. The molecule has 1 aliphatic rings. The second-order valence-corrected chi connectivity index (χ2v) is 7.47. The van der Waals surface area contributed by atoms with Crippen LogP contribution < -0.4 is 4.90 Å². The van der Waals surface area contributed by atoms with Crippen LogP contribution in [0.1, 0.15) is 37.0 Å². The van der Waals surface area contributed by atoms with Crippen LogP contribution in [0.25, 0.3) is 22.4 Å². The quantitative estimate of drug-likeness (QED) is 0.713. The molecule has 0 amide bonds. The van der Waals surface area contributed by atoms with Crippen molar-refractivity contribution in [2.45, 2.75) is 26.7 Å². The largest absolute Gasteiger partial charge is 0.372 e. The first kappa shape index (κ1) is 17.2. The molecular weight excluding hydrogens is 338 g/mol. The molecule has 4 rings (SSSR count). The molecule has 1 aromatic carbocycles. The molecule has 136 valence electrons. The van der Waals surface area contributed by atoms with Crippen molar-refractivity contribution < 1.29 is 4.79 Å². The van der Waals surface area contributed by atoms with Gasteiger partial charge in [0.05, 0.1) is 23.5 Å². The molecule has 6 heteroatoms. The Morgan fingerprint density at radius 2 is 2.07 bits per heavy atom. The van der Waals surface area contributed by atoms with Crippen LogP contribution in [0.3, 0.4) is 0 Å². The molecule has 0 atom stereocenters. The zero-order valence-electron chi connectivity index (χ0n) is 15.5. The maximum Gasteiger partial charge on any atom is 0.186 e. The highest BCUT2D eigenvalue weighted by Gasteiger charge is 2.31. The summed E-state index contributed by atoms with van der Waals surface area (Å²) in [5.41, 5.74) is 3.21. The summed E-state index contributed by atoms with van der Waals surface area (Å²) in [6, 6.07) is 10.3. The van der Waals surface area contributed by atoms with E-state index in [2.05, 4.69) is 33.1 Å². The molecule has 1 N–H and O–H groups in total. The minimum Gasteiger partial charge on any atom is -0.372 e. The third kappa shape index (κ3) is 3.06. The number of nitriles is 1. The van der Waals surface area contributed by atoms with Crippen LogP contribution in [0.5, 0.6) is 0 Å². The van der Waals surface area contributed by atoms with Crippen molar-refractivity contribution in [2.75, 3.05) is 18.0 Å². The number of benzene rings is 1. The number of nitrogens with zero attached hydrogens (tertiary/aromatic N) is 4. The SMILES string of the molecule is CC(C)(C#N)C(=O)c1c[nH]c2ncc(-c3cccc(N4CCCC4)c3)nc12. The molecule has 6 nitrogen and oxygen atoms in total. The van der Waals surface area contributed by atoms with Gasteiger partial charge < -0.3 is 9.88 Å². The Labute approximate surface area is 157 Å². The number of rotatable bonds is 4. The summed E-state index contributed by atoms with van der Waals surface area (Å²) in [4.78, 5) is 27.2. The number of fused-ring (bicyclic) bond motifs is 1. The minimum absolute atomic E-state index is 0.256. The lowest BCUT2D eigenvalue weighted by atomic mass is 9.86. The predicted molar refractivity (Wildman–Crippen MR) is 104 cm³/mol. The summed E-state index contributed by atoms with van der Waals surface area (Å²) < 4.78 is 0. The molecule has 0 radical (unpaired) electrons. The monoisotopic (exact) mass is 359 g/mol. The zero-order chi connectivity index (χ0) is 19.0. The Bertz CT molecular complexity index is 1050. The van der Waals surface area contributed by atoms with Gasteiger partial charge in [0.25, 0.3) is 0 Å². The molecule has 0 aliphatic carbocycles. The molecule has 0 bridgehead atoms. The molecule has 0 saturated carbocycles. The summed E-state index contributed by atoms with van der Waals surface area (Å²) in [6.07, 6.45) is 5.75. The highest BCUT2D eigenvalue weighted by Crippen LogP contribution is 2.29. The normalized spacial score (nSPS) is 14.5. The second-order valence-electron chi connectivity index (χ2n) is 7.47. The van der Waals surface area contributed by atoms with Gasteiger partial charge in [-0.15, -0.1) is 0 Å². The summed E-state index contributed by atoms with van der Waals surface area (Å²) in [5, 5.41) is 9.28. The molecule has 1 fully saturated rings. The van der Waals surface area contributed by atoms with E-state index in [4.69, 9.17) is 4.98 Å². The van der Waals surface area contributed by atoms with Gasteiger partial charge in [-0.25, -0.2) is 9.97 Å². The van der Waals surface area contributed by atoms with Crippen LogP contribution in [0.4, 0.5) is 5.69 Å². The highest BCUT2D eigenvalue weighted by atomic mass is 16.1. The number of ketones is 1. The van der Waals surface area contributed by atoms with Gasteiger partial charge >= 0.3 is 0 Å². The fourth-order valence-corrected chi connectivity index (χ4v) is 3.43. The van der Waals surface area contributed by atoms with E-state index in [1.807, 2.05) is 12.1 Å². The van der Waals surface area contributed by atoms with Gasteiger partial charge in [0.15, 0.2) is 11.4 Å². The fourth-order valence-electron chi connectivity index (χ4n) is 3.43. The van der Waals surface area contributed by atoms with Crippen LogP contribution in [0.15, 0.2) is 36.7 Å². The molecule has 2 aromatic heterocycles. The first-order chi connectivity index (χ1) is 13.0. The van der Waals surface area contributed by atoms with Crippen molar-refractivity contribution in [3.05, 3.63) is 42.2 Å². The van der Waals surface area contributed by atoms with E-state index in [0.29, 0.717) is 22.4 Å². The smallest absolute Gasteiger partial charge is 0.186 e. The van der Waals surface area contributed by atoms with E-state index in [-0.39, 0.29) is 5.78 Å². The highest BCUT2D eigenvalue weighted by molar-refractivity contribution is 6.09. The van der Waals surface area contributed by atoms with Crippen LogP contribution in [0.2, 0.25) is 0 Å². The van der Waals surface area contributed by atoms with Gasteiger partial charge in [0.2, 0.25) is 0 Å². The number of Topliss-reactive ketones (excluding diaryl/α,β-unsaturated/α-hetero) is 1. The zero-order valence-corrected chi connectivity index (χ0v) is 15.5. The Morgan fingerprint density at radius 1 is 1.30 bits per heavy atom. The Balaban J connectivity index is 1.76. The van der Waals surface area contributed by atoms with Crippen LogP contribution in [0, 0.1) is 16.7 Å². The number of aromatic amines is 1. The number of hydrogen-bond acceptors (Lipinski definition) is 5. The van der Waals surface area contributed by atoms with Gasteiger partial charge in [0.1, 0.15) is 10.9 Å². The number of anilines is 1. The average molecular weight is 359 g/mol. The first-order valence-corrected chi connectivity index (χ1v) is 9.15. The van der Waals surface area contributed by atoms with E-state index in [0.717, 1.165) is 18.7 Å². The van der Waals surface area contributed by atoms with Gasteiger partial charge in [-0.3, -0.25) is 4.79 Å². The fraction of sp³-hybridized carbons (Fsp3) is 0.333. The molecular formula is C21H21N5O. The van der Waals surface area contributed by atoms with E-state index >= 15 is 0 Å². The molecule has 1 aliphatic heterocycles. The maximum atomic E-state index is 12.7. The lowest BCUT2D eigenvalue weighted by molar-refractivity contribution is 0.0893. The standard InChI is InChI=1S/C21H21N5O/c1-21(2,13-22)19(27)16-11-23-20-18(16)25-17(12-24-20)14-6-5-7-15(10-14)26-8-3-4-9-26/h5-7,10-12H,3-4,8-9H2,1-2H3,(H,23,24). The Kier molecular flexibility index (Phi) is 4.15. The van der Waals surface area contributed by atoms with Gasteiger partial charge in [-0.2, -0.15) is 5.26 Å². The Hall–Kier alpha value is -3.20. The topological polar surface area (TPSA) is 85.7 Å². The van der Waals surface area contributed by atoms with Gasteiger partial charge in [0, 0.05) is 30.5 Å². The van der Waals surface area contributed by atoms with Crippen molar-refractivity contribution >= 4 is 22.6 Å². The summed E-state index contributed by atoms with van der Waals surface area (Å²) >= 11 is 0. The van der Waals surface area contributed by atoms with Crippen LogP contribution >= 0.6 is 0 Å². The molecule has 27 heavy (non-hydrogen) atoms. The third-order valence-corrected chi connectivity index (χ3v) is 5.09. The molecule has 0 spiro atoms. The van der Waals surface area contributed by atoms with E-state index in [9.17, 15) is 10.1 Å². The van der Waals surface area contributed by atoms with Gasteiger partial charge in [-0.05, 0) is 38.8 Å². The lowest BCUT2D eigenvalue weighted by Crippen LogP contribution is -2.22. The summed E-state index contributed by atoms with van der Waals surface area (Å²) in [5.74, 6) is -0.256. The molecule has 3 heterocycles. The minimum atomic E-state index is -1.11. The van der Waals surface area contributed by atoms with E-state index < -0.39 is 5.41 Å². The average Bonchev–Trinajstić information content (AvgIpc) is 3.37. The van der Waals surface area contributed by atoms with Crippen molar-refractivity contribution in [3.8, 4) is 17.3 Å². The van der Waals surface area contributed by atoms with Crippen molar-refractivity contribution in [2.24, 2.45) is 5.41 Å². The third-order valence-electron chi connectivity index (χ3n) is 5.09. The van der Waals surface area contributed by atoms with Crippen molar-refractivity contribution in [1.82, 2.24) is 15.0 Å². The number of carbonyl (C=O) groups excluding carboxylic acids is 1. The number of aromatic nitrogens is 3. The number of H-pyrrole nitrogens is 1. The Morgan fingerprint density at radius 3 is 2.81 bits per heavy atom. The van der Waals surface area contributed by atoms with Crippen molar-refractivity contribution in [1.29, 1.82) is 5.26 Å². The van der Waals surface area contributed by atoms with Crippen LogP contribution in [-0.4, -0.2) is 33.8 Å². The van der Waals surface area contributed by atoms with E-state index in [1.54, 1.807) is 26.2 Å². The summed E-state index contributed by atoms with van der Waals surface area (Å²) in [6.45, 7) is 5.39. The van der Waals surface area contributed by atoms with E-state index in [1.165, 1.54) is 18.5 Å². The number of carbonyl (C=O) groups is 1. The maximum absolute atomic E-state index is 12.7. The van der Waals surface area contributed by atoms with Crippen molar-refractivity contribution in [3.63, 3.8) is 0 Å². The lowest BCUT2D eigenvalue weighted by Gasteiger charge is -2.18. The molecule has 1 saturated heterocycles.